The summed E-state index contributed by atoms with van der Waals surface area (Å²) in [4.78, 5) is 21.7. The van der Waals surface area contributed by atoms with Gasteiger partial charge in [-0.15, -0.1) is 0 Å². The lowest BCUT2D eigenvalue weighted by Crippen LogP contribution is -2.57. The van der Waals surface area contributed by atoms with Crippen molar-refractivity contribution in [3.63, 3.8) is 0 Å². The van der Waals surface area contributed by atoms with Crippen LogP contribution in [-0.4, -0.2) is 72.2 Å². The molecule has 2 aliphatic heterocycles. The van der Waals surface area contributed by atoms with Gasteiger partial charge in [-0.25, -0.2) is 4.98 Å². The first-order valence-electron chi connectivity index (χ1n) is 9.37. The number of carbonyl (C=O) groups excluding carboxylic acids is 1. The third kappa shape index (κ3) is 4.70. The largest absolute Gasteiger partial charge is 0.478 e. The lowest BCUT2D eigenvalue weighted by Gasteiger charge is -2.44. The summed E-state index contributed by atoms with van der Waals surface area (Å²) in [5.74, 6) is 0.741. The lowest BCUT2D eigenvalue weighted by molar-refractivity contribution is -0.136. The molecular weight excluding hydrogens is 318 g/mol. The van der Waals surface area contributed by atoms with E-state index in [0.717, 1.165) is 51.4 Å². The monoisotopic (exact) mass is 347 g/mol. The molecule has 0 N–H and O–H groups in total. The van der Waals surface area contributed by atoms with Crippen LogP contribution in [0.25, 0.3) is 0 Å². The average molecular weight is 347 g/mol. The molecule has 2 saturated heterocycles. The summed E-state index contributed by atoms with van der Waals surface area (Å²) in [7, 11) is 0. The minimum Gasteiger partial charge on any atom is -0.478 e. The topological polar surface area (TPSA) is 54.9 Å². The predicted molar refractivity (Wildman–Crippen MR) is 95.7 cm³/mol. The lowest BCUT2D eigenvalue weighted by atomic mass is 10.0. The van der Waals surface area contributed by atoms with Crippen LogP contribution in [-0.2, 0) is 16.0 Å². The number of pyridine rings is 1. The fourth-order valence-electron chi connectivity index (χ4n) is 3.78. The van der Waals surface area contributed by atoms with E-state index in [0.29, 0.717) is 24.9 Å². The number of ether oxygens (including phenoxy) is 2. The Bertz CT molecular complexity index is 575. The Morgan fingerprint density at radius 1 is 1.32 bits per heavy atom. The van der Waals surface area contributed by atoms with E-state index in [9.17, 15) is 4.79 Å². The third-order valence-electron chi connectivity index (χ3n) is 5.09. The van der Waals surface area contributed by atoms with Crippen LogP contribution in [0.1, 0.15) is 32.4 Å². The van der Waals surface area contributed by atoms with E-state index in [4.69, 9.17) is 9.47 Å². The molecule has 1 aromatic heterocycles. The summed E-state index contributed by atoms with van der Waals surface area (Å²) >= 11 is 0. The molecule has 0 radical (unpaired) electrons. The summed E-state index contributed by atoms with van der Waals surface area (Å²) in [5.41, 5.74) is 0.773. The summed E-state index contributed by atoms with van der Waals surface area (Å²) in [6.07, 6.45) is 2.55. The summed E-state index contributed by atoms with van der Waals surface area (Å²) in [6, 6.07) is 6.46. The van der Waals surface area contributed by atoms with E-state index in [1.807, 2.05) is 30.0 Å². The summed E-state index contributed by atoms with van der Waals surface area (Å²) in [5, 5.41) is 0. The average Bonchev–Trinajstić information content (AvgIpc) is 2.63. The molecule has 0 spiro atoms. The predicted octanol–water partition coefficient (Wildman–Crippen LogP) is 1.73. The minimum atomic E-state index is 0.153. The van der Waals surface area contributed by atoms with Gasteiger partial charge in [0.05, 0.1) is 18.7 Å². The normalized spacial score (nSPS) is 22.8. The van der Waals surface area contributed by atoms with Crippen LogP contribution >= 0.6 is 0 Å². The number of amides is 1. The van der Waals surface area contributed by atoms with Gasteiger partial charge in [0.15, 0.2) is 0 Å². The molecule has 0 bridgehead atoms. The van der Waals surface area contributed by atoms with Crippen molar-refractivity contribution in [2.75, 3.05) is 39.5 Å². The first-order valence-corrected chi connectivity index (χ1v) is 9.37. The van der Waals surface area contributed by atoms with Crippen molar-refractivity contribution in [2.45, 2.75) is 45.2 Å². The number of piperazine rings is 1. The van der Waals surface area contributed by atoms with Crippen LogP contribution in [0.3, 0.4) is 0 Å². The quantitative estimate of drug-likeness (QED) is 0.812. The van der Waals surface area contributed by atoms with Gasteiger partial charge < -0.3 is 14.4 Å². The Morgan fingerprint density at radius 2 is 2.12 bits per heavy atom. The number of hydrogen-bond donors (Lipinski definition) is 0. The highest BCUT2D eigenvalue weighted by Crippen LogP contribution is 2.20. The molecule has 2 aliphatic rings. The molecule has 0 aliphatic carbocycles. The maximum Gasteiger partial charge on any atom is 0.228 e. The standard InChI is InChI=1S/C19H29N3O3/c1-3-25-18-6-4-5-16(20-18)13-19(23)22-10-9-21(14-15(22)2)17-7-11-24-12-8-17/h4-6,15,17H,3,7-14H2,1-2H3/t15-/m0/s1. The first kappa shape index (κ1) is 18.1. The first-order chi connectivity index (χ1) is 12.2. The minimum absolute atomic E-state index is 0.153. The molecule has 3 rings (SSSR count). The van der Waals surface area contributed by atoms with Gasteiger partial charge in [0.1, 0.15) is 0 Å². The molecule has 0 aromatic carbocycles. The van der Waals surface area contributed by atoms with E-state index in [1.54, 1.807) is 0 Å². The Morgan fingerprint density at radius 3 is 2.84 bits per heavy atom. The zero-order chi connectivity index (χ0) is 17.6. The van der Waals surface area contributed by atoms with Gasteiger partial charge in [-0.1, -0.05) is 6.07 Å². The highest BCUT2D eigenvalue weighted by Gasteiger charge is 2.31. The van der Waals surface area contributed by atoms with Gasteiger partial charge >= 0.3 is 0 Å². The maximum absolute atomic E-state index is 12.7. The van der Waals surface area contributed by atoms with Crippen LogP contribution < -0.4 is 4.74 Å². The Hall–Kier alpha value is -1.66. The molecule has 1 aromatic rings. The molecule has 25 heavy (non-hydrogen) atoms. The van der Waals surface area contributed by atoms with Crippen LogP contribution in [0.5, 0.6) is 5.88 Å². The van der Waals surface area contributed by atoms with Crippen molar-refractivity contribution >= 4 is 5.91 Å². The SMILES string of the molecule is CCOc1cccc(CC(=O)N2CCN(C3CCOCC3)C[C@@H]2C)n1. The number of nitrogens with zero attached hydrogens (tertiary/aromatic N) is 3. The van der Waals surface area contributed by atoms with Crippen molar-refractivity contribution in [3.05, 3.63) is 23.9 Å². The van der Waals surface area contributed by atoms with Gasteiger partial charge in [-0.3, -0.25) is 9.69 Å². The van der Waals surface area contributed by atoms with Crippen LogP contribution in [0.2, 0.25) is 0 Å². The Kier molecular flexibility index (Phi) is 6.26. The van der Waals surface area contributed by atoms with Crippen LogP contribution in [0.15, 0.2) is 18.2 Å². The highest BCUT2D eigenvalue weighted by atomic mass is 16.5. The molecule has 0 unspecified atom stereocenters. The van der Waals surface area contributed by atoms with E-state index in [1.165, 1.54) is 0 Å². The summed E-state index contributed by atoms with van der Waals surface area (Å²) in [6.45, 7) is 9.07. The molecular formula is C19H29N3O3. The number of hydrogen-bond acceptors (Lipinski definition) is 5. The smallest absolute Gasteiger partial charge is 0.228 e. The number of rotatable bonds is 5. The molecule has 3 heterocycles. The zero-order valence-corrected chi connectivity index (χ0v) is 15.3. The number of carbonyl (C=O) groups is 1. The fourth-order valence-corrected chi connectivity index (χ4v) is 3.78. The molecule has 1 amide bonds. The molecule has 0 saturated carbocycles. The van der Waals surface area contributed by atoms with Gasteiger partial charge in [0, 0.05) is 51.0 Å². The summed E-state index contributed by atoms with van der Waals surface area (Å²) < 4.78 is 10.9. The van der Waals surface area contributed by atoms with Gasteiger partial charge in [0.25, 0.3) is 0 Å². The second kappa shape index (κ2) is 8.63. The second-order valence-corrected chi connectivity index (χ2v) is 6.85. The van der Waals surface area contributed by atoms with Crippen molar-refractivity contribution in [2.24, 2.45) is 0 Å². The Balaban J connectivity index is 1.55. The van der Waals surface area contributed by atoms with E-state index in [-0.39, 0.29) is 11.9 Å². The Labute approximate surface area is 150 Å². The van der Waals surface area contributed by atoms with Gasteiger partial charge in [0.2, 0.25) is 11.8 Å². The van der Waals surface area contributed by atoms with E-state index >= 15 is 0 Å². The molecule has 1 atom stereocenters. The van der Waals surface area contributed by atoms with Crippen molar-refractivity contribution in [3.8, 4) is 5.88 Å². The van der Waals surface area contributed by atoms with Crippen molar-refractivity contribution in [1.29, 1.82) is 0 Å². The van der Waals surface area contributed by atoms with Crippen LogP contribution in [0, 0.1) is 0 Å². The molecule has 2 fully saturated rings. The maximum atomic E-state index is 12.7. The van der Waals surface area contributed by atoms with Crippen molar-refractivity contribution < 1.29 is 14.3 Å². The second-order valence-electron chi connectivity index (χ2n) is 6.85. The van der Waals surface area contributed by atoms with E-state index < -0.39 is 0 Å². The fraction of sp³-hybridized carbons (Fsp3) is 0.684. The van der Waals surface area contributed by atoms with Crippen molar-refractivity contribution in [1.82, 2.24) is 14.8 Å². The molecule has 6 nitrogen and oxygen atoms in total. The zero-order valence-electron chi connectivity index (χ0n) is 15.3. The van der Waals surface area contributed by atoms with Gasteiger partial charge in [-0.05, 0) is 32.8 Å². The molecule has 138 valence electrons. The number of aromatic nitrogens is 1. The van der Waals surface area contributed by atoms with Crippen LogP contribution in [0.4, 0.5) is 0 Å². The molecule has 6 heteroatoms. The highest BCUT2D eigenvalue weighted by molar-refractivity contribution is 5.78. The van der Waals surface area contributed by atoms with Gasteiger partial charge in [-0.2, -0.15) is 0 Å². The third-order valence-corrected chi connectivity index (χ3v) is 5.09. The van der Waals surface area contributed by atoms with E-state index in [2.05, 4.69) is 16.8 Å².